The highest BCUT2D eigenvalue weighted by atomic mass is 35.5. The van der Waals surface area contributed by atoms with Crippen LogP contribution in [0.1, 0.15) is 12.5 Å². The van der Waals surface area contributed by atoms with Gasteiger partial charge in [0.2, 0.25) is 11.8 Å². The molecule has 0 radical (unpaired) electrons. The van der Waals surface area contributed by atoms with Crippen molar-refractivity contribution in [2.45, 2.75) is 13.8 Å². The van der Waals surface area contributed by atoms with Gasteiger partial charge in [0.05, 0.1) is 13.1 Å². The predicted octanol–water partition coefficient (Wildman–Crippen LogP) is 3.32. The van der Waals surface area contributed by atoms with Crippen LogP contribution in [0.3, 0.4) is 0 Å². The molecule has 1 aliphatic rings. The van der Waals surface area contributed by atoms with Crippen molar-refractivity contribution in [3.63, 3.8) is 0 Å². The highest BCUT2D eigenvalue weighted by Crippen LogP contribution is 2.32. The molecule has 0 saturated heterocycles. The van der Waals surface area contributed by atoms with Crippen LogP contribution in [0.15, 0.2) is 36.4 Å². The smallest absolute Gasteiger partial charge is 0.238 e. The number of halogens is 1. The zero-order valence-corrected chi connectivity index (χ0v) is 17.2. The Kier molecular flexibility index (Phi) is 6.95. The van der Waals surface area contributed by atoms with E-state index >= 15 is 0 Å². The summed E-state index contributed by atoms with van der Waals surface area (Å²) < 4.78 is 11.0. The number of ether oxygens (including phenoxy) is 2. The summed E-state index contributed by atoms with van der Waals surface area (Å²) >= 11 is 6.09. The van der Waals surface area contributed by atoms with Crippen molar-refractivity contribution in [1.29, 1.82) is 0 Å². The Labute approximate surface area is 174 Å². The molecule has 0 aliphatic carbocycles. The fraction of sp³-hybridized carbons (Fsp3) is 0.333. The van der Waals surface area contributed by atoms with Gasteiger partial charge in [0.25, 0.3) is 0 Å². The van der Waals surface area contributed by atoms with Crippen LogP contribution in [0, 0.1) is 6.92 Å². The average molecular weight is 418 g/mol. The minimum atomic E-state index is -0.213. The molecule has 2 aromatic carbocycles. The van der Waals surface area contributed by atoms with E-state index < -0.39 is 0 Å². The number of nitrogens with one attached hydrogen (secondary N) is 2. The molecular formula is C21H24ClN3O4. The zero-order valence-electron chi connectivity index (χ0n) is 16.5. The summed E-state index contributed by atoms with van der Waals surface area (Å²) in [6, 6.07) is 10.6. The lowest BCUT2D eigenvalue weighted by Crippen LogP contribution is -2.38. The van der Waals surface area contributed by atoms with E-state index in [1.54, 1.807) is 41.3 Å². The molecule has 7 nitrogen and oxygen atoms in total. The van der Waals surface area contributed by atoms with Gasteiger partial charge in [-0.05, 0) is 43.3 Å². The standard InChI is InChI=1S/C21H24ClN3O4/c1-3-25(13-21(27)24-17-6-4-5-16(22)14(17)2)12-20(26)23-15-7-8-18-19(11-15)29-10-9-28-18/h4-8,11H,3,9-10,12-13H2,1-2H3,(H,23,26)(H,24,27). The summed E-state index contributed by atoms with van der Waals surface area (Å²) in [5.74, 6) is 0.856. The molecule has 3 rings (SSSR count). The Balaban J connectivity index is 1.54. The van der Waals surface area contributed by atoms with Gasteiger partial charge in [-0.2, -0.15) is 0 Å². The topological polar surface area (TPSA) is 79.9 Å². The molecule has 154 valence electrons. The Bertz CT molecular complexity index is 903. The summed E-state index contributed by atoms with van der Waals surface area (Å²) in [5, 5.41) is 6.27. The van der Waals surface area contributed by atoms with Crippen LogP contribution < -0.4 is 20.1 Å². The van der Waals surface area contributed by atoms with Crippen LogP contribution in [0.4, 0.5) is 11.4 Å². The number of carbonyl (C=O) groups excluding carboxylic acids is 2. The van der Waals surface area contributed by atoms with Crippen molar-refractivity contribution in [2.75, 3.05) is 43.5 Å². The van der Waals surface area contributed by atoms with Gasteiger partial charge >= 0.3 is 0 Å². The molecule has 1 heterocycles. The van der Waals surface area contributed by atoms with Crippen LogP contribution in [0.2, 0.25) is 5.02 Å². The summed E-state index contributed by atoms with van der Waals surface area (Å²) in [5.41, 5.74) is 2.09. The Morgan fingerprint density at radius 2 is 1.72 bits per heavy atom. The quantitative estimate of drug-likeness (QED) is 0.722. The van der Waals surface area contributed by atoms with Gasteiger partial charge in [-0.25, -0.2) is 0 Å². The number of anilines is 2. The van der Waals surface area contributed by atoms with Gasteiger partial charge in [-0.3, -0.25) is 14.5 Å². The van der Waals surface area contributed by atoms with Crippen molar-refractivity contribution in [1.82, 2.24) is 4.90 Å². The van der Waals surface area contributed by atoms with E-state index in [0.717, 1.165) is 5.56 Å². The third-order valence-electron chi connectivity index (χ3n) is 4.55. The molecule has 0 saturated carbocycles. The maximum absolute atomic E-state index is 12.4. The lowest BCUT2D eigenvalue weighted by molar-refractivity contribution is -0.119. The molecule has 29 heavy (non-hydrogen) atoms. The maximum atomic E-state index is 12.4. The van der Waals surface area contributed by atoms with Crippen LogP contribution in [0.25, 0.3) is 0 Å². The fourth-order valence-electron chi connectivity index (χ4n) is 2.94. The van der Waals surface area contributed by atoms with Crippen LogP contribution in [-0.4, -0.2) is 49.6 Å². The van der Waals surface area contributed by atoms with Crippen LogP contribution >= 0.6 is 11.6 Å². The minimum absolute atomic E-state index is 0.0902. The summed E-state index contributed by atoms with van der Waals surface area (Å²) in [4.78, 5) is 26.6. The number of hydrogen-bond acceptors (Lipinski definition) is 5. The van der Waals surface area contributed by atoms with Crippen LogP contribution in [0.5, 0.6) is 11.5 Å². The fourth-order valence-corrected chi connectivity index (χ4v) is 3.11. The molecule has 0 spiro atoms. The number of amides is 2. The first-order valence-corrected chi connectivity index (χ1v) is 9.81. The Morgan fingerprint density at radius 1 is 1.03 bits per heavy atom. The molecule has 0 unspecified atom stereocenters. The third kappa shape index (κ3) is 5.62. The molecule has 0 fully saturated rings. The largest absolute Gasteiger partial charge is 0.486 e. The van der Waals surface area contributed by atoms with E-state index in [1.807, 2.05) is 13.8 Å². The van der Waals surface area contributed by atoms with Crippen LogP contribution in [-0.2, 0) is 9.59 Å². The second-order valence-corrected chi connectivity index (χ2v) is 7.08. The molecule has 2 N–H and O–H groups in total. The first-order valence-electron chi connectivity index (χ1n) is 9.43. The van der Waals surface area contributed by atoms with Crippen molar-refractivity contribution < 1.29 is 19.1 Å². The number of carbonyl (C=O) groups is 2. The molecule has 8 heteroatoms. The van der Waals surface area contributed by atoms with E-state index in [1.165, 1.54) is 0 Å². The number of benzene rings is 2. The zero-order chi connectivity index (χ0) is 20.8. The first-order chi connectivity index (χ1) is 14.0. The average Bonchev–Trinajstić information content (AvgIpc) is 2.70. The van der Waals surface area contributed by atoms with E-state index in [9.17, 15) is 9.59 Å². The van der Waals surface area contributed by atoms with Gasteiger partial charge in [-0.15, -0.1) is 0 Å². The Hall–Kier alpha value is -2.77. The van der Waals surface area contributed by atoms with Gasteiger partial charge in [0.15, 0.2) is 11.5 Å². The first kappa shape index (κ1) is 21.0. The number of likely N-dealkylation sites (N-methyl/N-ethyl adjacent to an activating group) is 1. The third-order valence-corrected chi connectivity index (χ3v) is 4.96. The molecule has 0 aromatic heterocycles. The SMILES string of the molecule is CCN(CC(=O)Nc1ccc2c(c1)OCCO2)CC(=O)Nc1cccc(Cl)c1C. The highest BCUT2D eigenvalue weighted by Gasteiger charge is 2.16. The number of rotatable bonds is 7. The lowest BCUT2D eigenvalue weighted by Gasteiger charge is -2.21. The van der Waals surface area contributed by atoms with Gasteiger partial charge < -0.3 is 20.1 Å². The van der Waals surface area contributed by atoms with Gasteiger partial charge in [0.1, 0.15) is 13.2 Å². The van der Waals surface area contributed by atoms with E-state index in [2.05, 4.69) is 10.6 Å². The number of fused-ring (bicyclic) bond motifs is 1. The summed E-state index contributed by atoms with van der Waals surface area (Å²) in [6.45, 7) is 5.47. The van der Waals surface area contributed by atoms with Crippen molar-refractivity contribution in [3.05, 3.63) is 47.0 Å². The molecule has 0 atom stereocenters. The van der Waals surface area contributed by atoms with Gasteiger partial charge in [-0.1, -0.05) is 24.6 Å². The van der Waals surface area contributed by atoms with Crippen molar-refractivity contribution in [3.8, 4) is 11.5 Å². The molecule has 2 aromatic rings. The van der Waals surface area contributed by atoms with Crippen molar-refractivity contribution >= 4 is 34.8 Å². The lowest BCUT2D eigenvalue weighted by atomic mass is 10.2. The second-order valence-electron chi connectivity index (χ2n) is 6.67. The summed E-state index contributed by atoms with van der Waals surface area (Å²) in [6.07, 6.45) is 0. The number of nitrogens with zero attached hydrogens (tertiary/aromatic N) is 1. The molecule has 0 bridgehead atoms. The molecular weight excluding hydrogens is 394 g/mol. The number of hydrogen-bond donors (Lipinski definition) is 2. The van der Waals surface area contributed by atoms with E-state index in [4.69, 9.17) is 21.1 Å². The van der Waals surface area contributed by atoms with E-state index in [0.29, 0.717) is 47.7 Å². The van der Waals surface area contributed by atoms with E-state index in [-0.39, 0.29) is 24.9 Å². The van der Waals surface area contributed by atoms with Crippen molar-refractivity contribution in [2.24, 2.45) is 0 Å². The van der Waals surface area contributed by atoms with Gasteiger partial charge in [0, 0.05) is 22.5 Å². The molecule has 1 aliphatic heterocycles. The maximum Gasteiger partial charge on any atom is 0.238 e. The highest BCUT2D eigenvalue weighted by molar-refractivity contribution is 6.31. The monoisotopic (exact) mass is 417 g/mol. The summed E-state index contributed by atoms with van der Waals surface area (Å²) in [7, 11) is 0. The second kappa shape index (κ2) is 9.62. The minimum Gasteiger partial charge on any atom is -0.486 e. The normalized spacial score (nSPS) is 12.6. The molecule has 2 amide bonds. The predicted molar refractivity (Wildman–Crippen MR) is 113 cm³/mol. The Morgan fingerprint density at radius 3 is 2.45 bits per heavy atom.